The molecule has 0 aliphatic carbocycles. The first-order valence-corrected chi connectivity index (χ1v) is 21.3. The maximum Gasteiger partial charge on any atom is 0.135 e. The Morgan fingerprint density at radius 1 is 0.290 bits per heavy atom. The number of nitrogens with zero attached hydrogens (tertiary/aromatic N) is 1. The Bertz CT molecular complexity index is 3590. The molecule has 0 amide bonds. The van der Waals surface area contributed by atoms with Crippen molar-refractivity contribution in [3.63, 3.8) is 0 Å². The van der Waals surface area contributed by atoms with E-state index >= 15 is 0 Å². The van der Waals surface area contributed by atoms with E-state index in [9.17, 15) is 0 Å². The van der Waals surface area contributed by atoms with E-state index < -0.39 is 0 Å². The summed E-state index contributed by atoms with van der Waals surface area (Å²) in [5.41, 5.74) is 19.4. The molecule has 2 heteroatoms. The fourth-order valence-electron chi connectivity index (χ4n) is 9.74. The number of aromatic nitrogens is 1. The minimum Gasteiger partial charge on any atom is -0.456 e. The van der Waals surface area contributed by atoms with Gasteiger partial charge in [0.05, 0.1) is 11.0 Å². The lowest BCUT2D eigenvalue weighted by molar-refractivity contribution is 0.669. The number of hydrogen-bond donors (Lipinski definition) is 0. The molecule has 0 bridgehead atoms. The molecule has 2 nitrogen and oxygen atoms in total. The van der Waals surface area contributed by atoms with Gasteiger partial charge >= 0.3 is 0 Å². The van der Waals surface area contributed by atoms with E-state index in [1.165, 1.54) is 66.4 Å². The van der Waals surface area contributed by atoms with Crippen LogP contribution in [0.25, 0.3) is 116 Å². The maximum absolute atomic E-state index is 6.23. The van der Waals surface area contributed by atoms with Crippen molar-refractivity contribution in [1.29, 1.82) is 0 Å². The molecule has 0 radical (unpaired) electrons. The van der Waals surface area contributed by atoms with Crippen molar-refractivity contribution in [2.24, 2.45) is 0 Å². The van der Waals surface area contributed by atoms with Crippen LogP contribution >= 0.6 is 0 Å². The lowest BCUT2D eigenvalue weighted by Crippen LogP contribution is -2.00. The van der Waals surface area contributed by atoms with Gasteiger partial charge in [-0.05, 0) is 92.5 Å². The molecule has 0 N–H and O–H groups in total. The molecule has 0 saturated heterocycles. The molecule has 0 aliphatic heterocycles. The van der Waals surface area contributed by atoms with Gasteiger partial charge in [0.25, 0.3) is 0 Å². The number of fused-ring (bicyclic) bond motifs is 6. The van der Waals surface area contributed by atoms with Crippen LogP contribution in [0.1, 0.15) is 0 Å². The smallest absolute Gasteiger partial charge is 0.135 e. The molecule has 0 saturated carbocycles. The molecule has 12 aromatic rings. The van der Waals surface area contributed by atoms with Gasteiger partial charge in [-0.1, -0.05) is 194 Å². The Hall–Kier alpha value is -8.20. The van der Waals surface area contributed by atoms with Crippen LogP contribution in [0.15, 0.2) is 241 Å². The second-order valence-corrected chi connectivity index (χ2v) is 15.9. The quantitative estimate of drug-likeness (QED) is 0.157. The average molecular weight is 790 g/mol. The number of furan rings is 1. The van der Waals surface area contributed by atoms with Gasteiger partial charge in [0, 0.05) is 43.9 Å². The zero-order chi connectivity index (χ0) is 41.0. The molecule has 2 heterocycles. The van der Waals surface area contributed by atoms with Crippen molar-refractivity contribution in [3.05, 3.63) is 237 Å². The Kier molecular flexibility index (Phi) is 8.53. The molecular formula is C60H39NO. The van der Waals surface area contributed by atoms with Gasteiger partial charge in [0.15, 0.2) is 0 Å². The predicted molar refractivity (Wildman–Crippen MR) is 261 cm³/mol. The van der Waals surface area contributed by atoms with E-state index in [0.29, 0.717) is 0 Å². The summed E-state index contributed by atoms with van der Waals surface area (Å²) >= 11 is 0. The molecular weight excluding hydrogens is 751 g/mol. The molecule has 0 aliphatic rings. The molecule has 0 unspecified atom stereocenters. The van der Waals surface area contributed by atoms with Crippen molar-refractivity contribution >= 4 is 43.7 Å². The number of para-hydroxylation sites is 2. The van der Waals surface area contributed by atoms with Gasteiger partial charge in [0.1, 0.15) is 11.2 Å². The van der Waals surface area contributed by atoms with E-state index in [0.717, 1.165) is 49.8 Å². The fraction of sp³-hybridized carbons (Fsp3) is 0. The van der Waals surface area contributed by atoms with E-state index in [-0.39, 0.29) is 0 Å². The van der Waals surface area contributed by atoms with Gasteiger partial charge in [-0.2, -0.15) is 0 Å². The normalized spacial score (nSPS) is 11.5. The van der Waals surface area contributed by atoms with Gasteiger partial charge in [-0.3, -0.25) is 0 Å². The average Bonchev–Trinajstić information content (AvgIpc) is 3.90. The number of rotatable bonds is 7. The number of benzene rings is 10. The van der Waals surface area contributed by atoms with Crippen molar-refractivity contribution in [2.45, 2.75) is 0 Å². The molecule has 0 spiro atoms. The largest absolute Gasteiger partial charge is 0.456 e. The van der Waals surface area contributed by atoms with E-state index in [2.05, 4.69) is 229 Å². The standard InChI is InChI=1S/C60H39NO/c1-6-20-40(21-7-1)54-55(41-22-8-2-9-23-41)57(43-26-12-4-13-27-43)60-59(56(54)42-24-10-3-11-25-42)58-48(33-19-34-51(58)61(60)47-30-14-5-15-31-47)46-29-18-28-44(38-46)45-36-37-53-50(39-45)49-32-16-17-35-52(49)62-53/h1-39H. The highest BCUT2D eigenvalue weighted by atomic mass is 16.3. The fourth-order valence-corrected chi connectivity index (χ4v) is 9.74. The number of hydrogen-bond acceptors (Lipinski definition) is 1. The zero-order valence-corrected chi connectivity index (χ0v) is 33.9. The summed E-state index contributed by atoms with van der Waals surface area (Å²) in [7, 11) is 0. The Balaban J connectivity index is 1.27. The molecule has 2 aromatic heterocycles. The molecule has 290 valence electrons. The molecule has 0 atom stereocenters. The van der Waals surface area contributed by atoms with E-state index in [1.54, 1.807) is 0 Å². The highest BCUT2D eigenvalue weighted by molar-refractivity contribution is 6.29. The topological polar surface area (TPSA) is 18.1 Å². The van der Waals surface area contributed by atoms with Crippen molar-refractivity contribution < 1.29 is 4.42 Å². The van der Waals surface area contributed by atoms with E-state index in [1.807, 2.05) is 12.1 Å². The maximum atomic E-state index is 6.23. The molecule has 12 rings (SSSR count). The lowest BCUT2D eigenvalue weighted by atomic mass is 9.79. The van der Waals surface area contributed by atoms with Crippen LogP contribution in [-0.4, -0.2) is 4.57 Å². The van der Waals surface area contributed by atoms with Crippen LogP contribution in [0.5, 0.6) is 0 Å². The van der Waals surface area contributed by atoms with Crippen LogP contribution in [0.4, 0.5) is 0 Å². The van der Waals surface area contributed by atoms with Crippen LogP contribution < -0.4 is 0 Å². The Morgan fingerprint density at radius 2 is 0.774 bits per heavy atom. The monoisotopic (exact) mass is 789 g/mol. The van der Waals surface area contributed by atoms with Crippen LogP contribution in [0, 0.1) is 0 Å². The van der Waals surface area contributed by atoms with Gasteiger partial charge in [-0.25, -0.2) is 0 Å². The second kappa shape index (κ2) is 14.8. The predicted octanol–water partition coefficient (Wildman–Crippen LogP) is 16.7. The lowest BCUT2D eigenvalue weighted by Gasteiger charge is -2.24. The summed E-state index contributed by atoms with van der Waals surface area (Å²) in [6, 6.07) is 85.6. The minimum atomic E-state index is 0.899. The highest BCUT2D eigenvalue weighted by Gasteiger charge is 2.30. The summed E-state index contributed by atoms with van der Waals surface area (Å²) in [4.78, 5) is 0. The summed E-state index contributed by atoms with van der Waals surface area (Å²) in [6.07, 6.45) is 0. The third-order valence-corrected chi connectivity index (χ3v) is 12.4. The van der Waals surface area contributed by atoms with Gasteiger partial charge in [0.2, 0.25) is 0 Å². The summed E-state index contributed by atoms with van der Waals surface area (Å²) in [5.74, 6) is 0. The zero-order valence-electron chi connectivity index (χ0n) is 33.9. The van der Waals surface area contributed by atoms with Crippen LogP contribution in [-0.2, 0) is 0 Å². The van der Waals surface area contributed by atoms with Crippen molar-refractivity contribution in [1.82, 2.24) is 4.57 Å². The Morgan fingerprint density at radius 3 is 1.44 bits per heavy atom. The third-order valence-electron chi connectivity index (χ3n) is 12.4. The van der Waals surface area contributed by atoms with Gasteiger partial charge in [-0.15, -0.1) is 0 Å². The minimum absolute atomic E-state index is 0.899. The Labute approximate surface area is 360 Å². The summed E-state index contributed by atoms with van der Waals surface area (Å²) in [5, 5.41) is 4.69. The molecule has 10 aromatic carbocycles. The highest BCUT2D eigenvalue weighted by Crippen LogP contribution is 2.55. The second-order valence-electron chi connectivity index (χ2n) is 15.9. The first-order chi connectivity index (χ1) is 30.8. The third kappa shape index (κ3) is 5.80. The SMILES string of the molecule is c1ccc(-c2c(-c3ccccc3)c(-c3ccccc3)c3c(c2-c2ccccc2)c2c(-c4cccc(-c5ccc6oc7ccccc7c6c5)c4)cccc2n3-c2ccccc2)cc1. The van der Waals surface area contributed by atoms with Crippen molar-refractivity contribution in [3.8, 4) is 72.4 Å². The summed E-state index contributed by atoms with van der Waals surface area (Å²) in [6.45, 7) is 0. The van der Waals surface area contributed by atoms with Crippen LogP contribution in [0.3, 0.4) is 0 Å². The van der Waals surface area contributed by atoms with E-state index in [4.69, 9.17) is 4.42 Å². The molecule has 0 fully saturated rings. The first-order valence-electron chi connectivity index (χ1n) is 21.3. The van der Waals surface area contributed by atoms with Crippen LogP contribution in [0.2, 0.25) is 0 Å². The van der Waals surface area contributed by atoms with Crippen molar-refractivity contribution in [2.75, 3.05) is 0 Å². The first kappa shape index (κ1) is 35.7. The van der Waals surface area contributed by atoms with Gasteiger partial charge < -0.3 is 8.98 Å². The molecule has 62 heavy (non-hydrogen) atoms. The summed E-state index contributed by atoms with van der Waals surface area (Å²) < 4.78 is 8.75.